The summed E-state index contributed by atoms with van der Waals surface area (Å²) in [7, 11) is 2.60. The number of hydrogen-bond acceptors (Lipinski definition) is 7. The van der Waals surface area contributed by atoms with Gasteiger partial charge in [-0.05, 0) is 36.4 Å². The lowest BCUT2D eigenvalue weighted by atomic mass is 10.0. The van der Waals surface area contributed by atoms with E-state index in [0.717, 1.165) is 25.3 Å². The van der Waals surface area contributed by atoms with Gasteiger partial charge in [-0.15, -0.1) is 0 Å². The van der Waals surface area contributed by atoms with Crippen molar-refractivity contribution in [2.24, 2.45) is 0 Å². The zero-order valence-corrected chi connectivity index (χ0v) is 15.2. The Labute approximate surface area is 163 Å². The first-order chi connectivity index (χ1) is 13.8. The summed E-state index contributed by atoms with van der Waals surface area (Å²) in [4.78, 5) is 23.1. The quantitative estimate of drug-likeness (QED) is 0.215. The number of benzene rings is 2. The fourth-order valence-corrected chi connectivity index (χ4v) is 2.39. The van der Waals surface area contributed by atoms with Gasteiger partial charge in [-0.3, -0.25) is 14.9 Å². The first kappa shape index (κ1) is 21.3. The average molecular weight is 404 g/mol. The molecule has 0 saturated carbocycles. The summed E-state index contributed by atoms with van der Waals surface area (Å²) in [6.45, 7) is -3.23. The van der Waals surface area contributed by atoms with Gasteiger partial charge in [0.25, 0.3) is 5.69 Å². The molecule has 0 atom stereocenters. The molecule has 0 aliphatic rings. The van der Waals surface area contributed by atoms with Gasteiger partial charge in [0.2, 0.25) is 5.78 Å². The molecule has 0 saturated heterocycles. The molecule has 150 valence electrons. The topological polar surface area (TPSA) is 112 Å². The van der Waals surface area contributed by atoms with Crippen LogP contribution in [0.5, 0.6) is 17.2 Å². The number of alkyl halides is 2. The van der Waals surface area contributed by atoms with E-state index in [-0.39, 0.29) is 16.9 Å². The number of carbonyl (C=O) groups excluding carboxylic acids is 1. The summed E-state index contributed by atoms with van der Waals surface area (Å²) in [5, 5.41) is 20.7. The summed E-state index contributed by atoms with van der Waals surface area (Å²) in [5.41, 5.74) is -1.07. The maximum atomic E-state index is 12.6. The van der Waals surface area contributed by atoms with Crippen molar-refractivity contribution in [2.75, 3.05) is 14.2 Å². The Bertz CT molecular complexity index is 997. The third-order valence-electron chi connectivity index (χ3n) is 3.74. The first-order valence-electron chi connectivity index (χ1n) is 7.92. The normalized spacial score (nSPS) is 11.0. The molecule has 10 heteroatoms. The van der Waals surface area contributed by atoms with Gasteiger partial charge in [0.1, 0.15) is 17.4 Å². The molecule has 2 aromatic rings. The van der Waals surface area contributed by atoms with Gasteiger partial charge in [0, 0.05) is 5.56 Å². The van der Waals surface area contributed by atoms with Crippen LogP contribution >= 0.6 is 0 Å². The van der Waals surface area contributed by atoms with Crippen molar-refractivity contribution < 1.29 is 32.7 Å². The summed E-state index contributed by atoms with van der Waals surface area (Å²) < 4.78 is 39.2. The van der Waals surface area contributed by atoms with Crippen LogP contribution in [-0.4, -0.2) is 31.5 Å². The van der Waals surface area contributed by atoms with E-state index in [4.69, 9.17) is 9.47 Å². The van der Waals surface area contributed by atoms with Crippen molar-refractivity contribution in [2.45, 2.75) is 6.61 Å². The Morgan fingerprint density at radius 1 is 1.17 bits per heavy atom. The lowest BCUT2D eigenvalue weighted by molar-refractivity contribution is -0.385. The number of hydrogen-bond donors (Lipinski definition) is 0. The van der Waals surface area contributed by atoms with Crippen molar-refractivity contribution in [3.05, 3.63) is 63.2 Å². The number of nitro groups is 1. The average Bonchev–Trinajstić information content (AvgIpc) is 2.71. The predicted molar refractivity (Wildman–Crippen MR) is 97.2 cm³/mol. The van der Waals surface area contributed by atoms with Gasteiger partial charge < -0.3 is 14.2 Å². The van der Waals surface area contributed by atoms with Crippen LogP contribution in [-0.2, 0) is 0 Å². The van der Waals surface area contributed by atoms with Gasteiger partial charge in [0.05, 0.1) is 30.8 Å². The number of nitrogens with zero attached hydrogens (tertiary/aromatic N) is 2. The third kappa shape index (κ3) is 5.04. The Morgan fingerprint density at radius 3 is 2.31 bits per heavy atom. The second-order valence-corrected chi connectivity index (χ2v) is 5.42. The van der Waals surface area contributed by atoms with Crippen molar-refractivity contribution in [1.29, 1.82) is 5.26 Å². The smallest absolute Gasteiger partial charge is 0.387 e. The largest absolute Gasteiger partial charge is 0.497 e. The van der Waals surface area contributed by atoms with Crippen molar-refractivity contribution >= 4 is 17.5 Å². The fraction of sp³-hybridized carbons (Fsp3) is 0.158. The summed E-state index contributed by atoms with van der Waals surface area (Å²) in [6, 6.07) is 9.37. The molecule has 0 aliphatic heterocycles. The summed E-state index contributed by atoms with van der Waals surface area (Å²) in [6.07, 6.45) is 0.985. The molecule has 0 fully saturated rings. The highest BCUT2D eigenvalue weighted by Crippen LogP contribution is 2.36. The van der Waals surface area contributed by atoms with Crippen LogP contribution in [0.4, 0.5) is 14.5 Å². The van der Waals surface area contributed by atoms with Crippen LogP contribution in [0.2, 0.25) is 0 Å². The van der Waals surface area contributed by atoms with E-state index >= 15 is 0 Å². The van der Waals surface area contributed by atoms with Crippen LogP contribution in [0.15, 0.2) is 42.0 Å². The van der Waals surface area contributed by atoms with Gasteiger partial charge in [-0.2, -0.15) is 14.0 Å². The van der Waals surface area contributed by atoms with Gasteiger partial charge >= 0.3 is 6.61 Å². The highest BCUT2D eigenvalue weighted by molar-refractivity contribution is 6.14. The molecule has 0 N–H and O–H groups in total. The SMILES string of the molecule is COc1ccc(C(=O)/C(C#N)=C/c2cc(OC)c(OC(F)F)cc2[N+](=O)[O-])cc1. The van der Waals surface area contributed by atoms with Gasteiger partial charge in [-0.1, -0.05) is 0 Å². The van der Waals surface area contributed by atoms with Gasteiger partial charge in [-0.25, -0.2) is 0 Å². The second kappa shape index (κ2) is 9.27. The minimum Gasteiger partial charge on any atom is -0.497 e. The lowest BCUT2D eigenvalue weighted by Gasteiger charge is -2.11. The number of nitriles is 1. The van der Waals surface area contributed by atoms with E-state index < -0.39 is 34.3 Å². The molecule has 0 aromatic heterocycles. The van der Waals surface area contributed by atoms with Crippen molar-refractivity contribution in [1.82, 2.24) is 0 Å². The highest BCUT2D eigenvalue weighted by Gasteiger charge is 2.22. The number of halogens is 2. The number of carbonyl (C=O) groups is 1. The van der Waals surface area contributed by atoms with Gasteiger partial charge in [0.15, 0.2) is 11.5 Å². The number of allylic oxidation sites excluding steroid dienone is 1. The van der Waals surface area contributed by atoms with Crippen LogP contribution in [0.3, 0.4) is 0 Å². The summed E-state index contributed by atoms with van der Waals surface area (Å²) in [5.74, 6) is -0.960. The molecule has 0 aliphatic carbocycles. The molecule has 8 nitrogen and oxygen atoms in total. The molecular formula is C19H14F2N2O6. The molecule has 29 heavy (non-hydrogen) atoms. The number of Topliss-reactive ketones (excluding diaryl/α,β-unsaturated/α-hetero) is 1. The number of ether oxygens (including phenoxy) is 3. The van der Waals surface area contributed by atoms with E-state index in [0.29, 0.717) is 5.75 Å². The fourth-order valence-electron chi connectivity index (χ4n) is 2.39. The molecule has 0 radical (unpaired) electrons. The van der Waals surface area contributed by atoms with Crippen molar-refractivity contribution in [3.8, 4) is 23.3 Å². The van der Waals surface area contributed by atoms with Crippen LogP contribution in [0.1, 0.15) is 15.9 Å². The minimum absolute atomic E-state index is 0.158. The van der Waals surface area contributed by atoms with Crippen LogP contribution < -0.4 is 14.2 Å². The molecular weight excluding hydrogens is 390 g/mol. The maximum Gasteiger partial charge on any atom is 0.387 e. The molecule has 2 aromatic carbocycles. The number of methoxy groups -OCH3 is 2. The number of ketones is 1. The zero-order valence-electron chi connectivity index (χ0n) is 15.2. The van der Waals surface area contributed by atoms with Crippen LogP contribution in [0, 0.1) is 21.4 Å². The molecule has 0 unspecified atom stereocenters. The predicted octanol–water partition coefficient (Wildman–Crippen LogP) is 4.00. The Kier molecular flexibility index (Phi) is 6.81. The molecule has 0 amide bonds. The van der Waals surface area contributed by atoms with E-state index in [1.807, 2.05) is 0 Å². The van der Waals surface area contributed by atoms with Crippen molar-refractivity contribution in [3.63, 3.8) is 0 Å². The molecule has 0 heterocycles. The maximum absolute atomic E-state index is 12.6. The third-order valence-corrected chi connectivity index (χ3v) is 3.74. The highest BCUT2D eigenvalue weighted by atomic mass is 19.3. The minimum atomic E-state index is -3.23. The molecule has 0 bridgehead atoms. The second-order valence-electron chi connectivity index (χ2n) is 5.42. The van der Waals surface area contributed by atoms with E-state index in [2.05, 4.69) is 4.74 Å². The Morgan fingerprint density at radius 2 is 1.83 bits per heavy atom. The van der Waals surface area contributed by atoms with E-state index in [1.165, 1.54) is 31.4 Å². The Balaban J connectivity index is 2.54. The molecule has 0 spiro atoms. The molecule has 2 rings (SSSR count). The Hall–Kier alpha value is -4.00. The zero-order chi connectivity index (χ0) is 21.6. The monoisotopic (exact) mass is 404 g/mol. The first-order valence-corrected chi connectivity index (χ1v) is 7.92. The number of nitro benzene ring substituents is 1. The van der Waals surface area contributed by atoms with E-state index in [1.54, 1.807) is 6.07 Å². The van der Waals surface area contributed by atoms with Crippen LogP contribution in [0.25, 0.3) is 6.08 Å². The standard InChI is InChI=1S/C19H14F2N2O6/c1-27-14-5-3-11(4-6-14)18(24)13(10-22)7-12-8-16(28-2)17(29-19(20)21)9-15(12)23(25)26/h3-9,19H,1-2H3/b13-7+. The number of rotatable bonds is 8. The van der Waals surface area contributed by atoms with E-state index in [9.17, 15) is 29.0 Å². The lowest BCUT2D eigenvalue weighted by Crippen LogP contribution is -2.06. The summed E-state index contributed by atoms with van der Waals surface area (Å²) >= 11 is 0.